The number of amides is 1. The highest BCUT2D eigenvalue weighted by Crippen LogP contribution is 2.34. The molecule has 39 heavy (non-hydrogen) atoms. The fourth-order valence-electron chi connectivity index (χ4n) is 4.22. The molecule has 0 spiro atoms. The second kappa shape index (κ2) is 12.4. The monoisotopic (exact) mass is 544 g/mol. The Balaban J connectivity index is 1.19. The van der Waals surface area contributed by atoms with Gasteiger partial charge in [-0.3, -0.25) is 4.79 Å². The van der Waals surface area contributed by atoms with E-state index >= 15 is 0 Å². The third kappa shape index (κ3) is 6.74. The lowest BCUT2D eigenvalue weighted by Crippen LogP contribution is -2.27. The number of hydrogen-bond acceptors (Lipinski definition) is 7. The van der Waals surface area contributed by atoms with Crippen LogP contribution in [-0.4, -0.2) is 39.2 Å². The quantitative estimate of drug-likeness (QED) is 0.170. The summed E-state index contributed by atoms with van der Waals surface area (Å²) in [6.45, 7) is 2.86. The van der Waals surface area contributed by atoms with Gasteiger partial charge in [0.15, 0.2) is 5.82 Å². The van der Waals surface area contributed by atoms with Gasteiger partial charge in [0, 0.05) is 22.2 Å². The van der Waals surface area contributed by atoms with E-state index in [2.05, 4.69) is 38.2 Å². The molecule has 10 heteroatoms. The van der Waals surface area contributed by atoms with Crippen molar-refractivity contribution in [1.82, 2.24) is 25.9 Å². The molecule has 3 aromatic carbocycles. The maximum Gasteiger partial charge on any atom is 0.251 e. The van der Waals surface area contributed by atoms with Gasteiger partial charge in [-0.15, -0.1) is 5.10 Å². The minimum Gasteiger partial charge on any atom is -0.491 e. The molecule has 0 radical (unpaired) electrons. The van der Waals surface area contributed by atoms with Gasteiger partial charge in [-0.1, -0.05) is 49.6 Å². The number of nitrogens with zero attached hydrogens (tertiary/aromatic N) is 3. The summed E-state index contributed by atoms with van der Waals surface area (Å²) in [5.41, 5.74) is 3.11. The molecule has 2 heterocycles. The van der Waals surface area contributed by atoms with Gasteiger partial charge >= 0.3 is 0 Å². The summed E-state index contributed by atoms with van der Waals surface area (Å²) in [5, 5.41) is 21.3. The van der Waals surface area contributed by atoms with Crippen LogP contribution in [0.15, 0.2) is 77.2 Å². The van der Waals surface area contributed by atoms with E-state index in [0.717, 1.165) is 47.2 Å². The number of para-hydroxylation sites is 1. The van der Waals surface area contributed by atoms with Crippen molar-refractivity contribution in [2.45, 2.75) is 38.8 Å². The molecule has 200 valence electrons. The van der Waals surface area contributed by atoms with E-state index in [1.165, 1.54) is 0 Å². The maximum absolute atomic E-state index is 12.4. The fraction of sp³-hybridized carbons (Fsp3) is 0.241. The number of hydrogen-bond donors (Lipinski definition) is 3. The van der Waals surface area contributed by atoms with Crippen LogP contribution in [0.3, 0.4) is 0 Å². The molecular weight excluding hydrogens is 516 g/mol. The molecule has 0 bridgehead atoms. The molecular formula is C29H29ClN6O3. The summed E-state index contributed by atoms with van der Waals surface area (Å²) in [6, 6.07) is 23.0. The van der Waals surface area contributed by atoms with Gasteiger partial charge in [-0.2, -0.15) is 0 Å². The number of fused-ring (bicyclic) bond motifs is 1. The Kier molecular flexibility index (Phi) is 8.38. The predicted octanol–water partition coefficient (Wildman–Crippen LogP) is 6.25. The van der Waals surface area contributed by atoms with E-state index in [9.17, 15) is 4.79 Å². The summed E-state index contributed by atoms with van der Waals surface area (Å²) in [4.78, 5) is 12.4. The predicted molar refractivity (Wildman–Crippen MR) is 151 cm³/mol. The van der Waals surface area contributed by atoms with E-state index in [4.69, 9.17) is 20.8 Å². The van der Waals surface area contributed by atoms with Crippen molar-refractivity contribution in [2.75, 3.05) is 11.9 Å². The van der Waals surface area contributed by atoms with E-state index < -0.39 is 0 Å². The molecule has 2 aromatic heterocycles. The molecule has 5 rings (SSSR count). The van der Waals surface area contributed by atoms with Gasteiger partial charge in [-0.05, 0) is 71.4 Å². The number of carbonyl (C=O) groups is 1. The molecule has 3 N–H and O–H groups in total. The summed E-state index contributed by atoms with van der Waals surface area (Å²) >= 11 is 6.61. The molecule has 0 fully saturated rings. The van der Waals surface area contributed by atoms with Gasteiger partial charge in [0.2, 0.25) is 0 Å². The first kappa shape index (κ1) is 26.2. The number of aromatic nitrogens is 4. The third-order valence-corrected chi connectivity index (χ3v) is 6.63. The zero-order chi connectivity index (χ0) is 27.0. The smallest absolute Gasteiger partial charge is 0.251 e. The van der Waals surface area contributed by atoms with Crippen molar-refractivity contribution >= 4 is 34.2 Å². The van der Waals surface area contributed by atoms with Crippen molar-refractivity contribution in [2.24, 2.45) is 0 Å². The van der Waals surface area contributed by atoms with Gasteiger partial charge in [0.1, 0.15) is 23.7 Å². The Morgan fingerprint density at radius 2 is 1.95 bits per heavy atom. The number of halogens is 1. The van der Waals surface area contributed by atoms with Crippen LogP contribution in [-0.2, 0) is 6.54 Å². The molecule has 0 aliphatic carbocycles. The van der Waals surface area contributed by atoms with Gasteiger partial charge in [-0.25, -0.2) is 5.10 Å². The molecule has 0 saturated heterocycles. The van der Waals surface area contributed by atoms with Crippen molar-refractivity contribution in [3.63, 3.8) is 0 Å². The van der Waals surface area contributed by atoms with Crippen molar-refractivity contribution in [3.8, 4) is 17.1 Å². The van der Waals surface area contributed by atoms with Crippen LogP contribution < -0.4 is 15.4 Å². The minimum atomic E-state index is -0.202. The Labute approximate surface area is 230 Å². The number of rotatable bonds is 12. The number of H-pyrrole nitrogens is 1. The van der Waals surface area contributed by atoms with E-state index in [1.807, 2.05) is 60.7 Å². The largest absolute Gasteiger partial charge is 0.491 e. The zero-order valence-electron chi connectivity index (χ0n) is 21.5. The van der Waals surface area contributed by atoms with Crippen LogP contribution in [0.1, 0.15) is 42.4 Å². The Hall–Kier alpha value is -4.37. The van der Waals surface area contributed by atoms with Crippen LogP contribution in [0, 0.1) is 0 Å². The van der Waals surface area contributed by atoms with Crippen molar-refractivity contribution < 1.29 is 13.9 Å². The van der Waals surface area contributed by atoms with Crippen molar-refractivity contribution in [1.29, 1.82) is 0 Å². The summed E-state index contributed by atoms with van der Waals surface area (Å²) in [6.07, 6.45) is 3.08. The normalized spacial score (nSPS) is 11.8. The molecule has 0 aliphatic heterocycles. The maximum atomic E-state index is 12.4. The van der Waals surface area contributed by atoms with E-state index in [-0.39, 0.29) is 18.5 Å². The van der Waals surface area contributed by atoms with Gasteiger partial charge in [0.05, 0.1) is 17.6 Å². The third-order valence-electron chi connectivity index (χ3n) is 6.31. The lowest BCUT2D eigenvalue weighted by Gasteiger charge is -2.21. The number of unbranched alkanes of at least 4 members (excludes halogenated alkanes) is 1. The number of carbonyl (C=O) groups excluding carboxylic acids is 1. The lowest BCUT2D eigenvalue weighted by atomic mass is 10.1. The van der Waals surface area contributed by atoms with Gasteiger partial charge < -0.3 is 19.8 Å². The standard InChI is InChI=1S/C29H29ClN6O3/c1-2-3-7-22(32-21-11-9-19(10-12-21)29(37)31-17-28-33-35-36-34-28)18-38-23-13-14-24(25(30)16-23)27-15-20-6-4-5-8-26(20)39-27/h4-6,8-16,22,32H,2-3,7,17-18H2,1H3,(H,31,37)(H,33,34,35,36). The second-order valence-electron chi connectivity index (χ2n) is 9.19. The number of furan rings is 1. The molecule has 0 aliphatic rings. The zero-order valence-corrected chi connectivity index (χ0v) is 22.2. The topological polar surface area (TPSA) is 118 Å². The SMILES string of the molecule is CCCCC(COc1ccc(-c2cc3ccccc3o2)c(Cl)c1)Nc1ccc(C(=O)NCc2nnn[nH]2)cc1. The van der Waals surface area contributed by atoms with Crippen LogP contribution >= 0.6 is 11.6 Å². The van der Waals surface area contributed by atoms with Crippen LogP contribution in [0.5, 0.6) is 5.75 Å². The first-order valence-corrected chi connectivity index (χ1v) is 13.3. The highest BCUT2D eigenvalue weighted by Gasteiger charge is 2.14. The van der Waals surface area contributed by atoms with E-state index in [1.54, 1.807) is 12.1 Å². The highest BCUT2D eigenvalue weighted by molar-refractivity contribution is 6.33. The van der Waals surface area contributed by atoms with Crippen LogP contribution in [0.2, 0.25) is 5.02 Å². The van der Waals surface area contributed by atoms with Crippen molar-refractivity contribution in [3.05, 3.63) is 89.2 Å². The number of benzene rings is 3. The summed E-state index contributed by atoms with van der Waals surface area (Å²) in [7, 11) is 0. The Morgan fingerprint density at radius 1 is 1.10 bits per heavy atom. The fourth-order valence-corrected chi connectivity index (χ4v) is 4.48. The van der Waals surface area contributed by atoms with E-state index in [0.29, 0.717) is 28.8 Å². The number of aromatic amines is 1. The number of ether oxygens (including phenoxy) is 1. The molecule has 1 unspecified atom stereocenters. The minimum absolute atomic E-state index is 0.0809. The second-order valence-corrected chi connectivity index (χ2v) is 9.60. The number of tetrazole rings is 1. The highest BCUT2D eigenvalue weighted by atomic mass is 35.5. The molecule has 1 amide bonds. The first-order valence-electron chi connectivity index (χ1n) is 12.9. The number of nitrogens with one attached hydrogen (secondary N) is 3. The Morgan fingerprint density at radius 3 is 2.69 bits per heavy atom. The molecule has 0 saturated carbocycles. The first-order chi connectivity index (χ1) is 19.1. The molecule has 5 aromatic rings. The van der Waals surface area contributed by atoms with Gasteiger partial charge in [0.25, 0.3) is 5.91 Å². The Bertz CT molecular complexity index is 1490. The molecule has 9 nitrogen and oxygen atoms in total. The summed E-state index contributed by atoms with van der Waals surface area (Å²) in [5.74, 6) is 1.71. The summed E-state index contributed by atoms with van der Waals surface area (Å²) < 4.78 is 12.1. The van der Waals surface area contributed by atoms with Crippen LogP contribution in [0.4, 0.5) is 5.69 Å². The molecule has 1 atom stereocenters. The number of anilines is 1. The average Bonchev–Trinajstić information content (AvgIpc) is 3.63. The average molecular weight is 545 g/mol. The lowest BCUT2D eigenvalue weighted by molar-refractivity contribution is 0.0950. The van der Waals surface area contributed by atoms with Crippen LogP contribution in [0.25, 0.3) is 22.3 Å².